The molecule has 4 N–H and O–H groups in total. The average Bonchev–Trinajstić information content (AvgIpc) is 3.24. The van der Waals surface area contributed by atoms with Crippen molar-refractivity contribution >= 4 is 17.4 Å². The summed E-state index contributed by atoms with van der Waals surface area (Å²) in [6, 6.07) is 4.79. The van der Waals surface area contributed by atoms with E-state index in [1.54, 1.807) is 6.20 Å². The van der Waals surface area contributed by atoms with E-state index in [-0.39, 0.29) is 44.3 Å². The number of hydrogen-bond acceptors (Lipinski definition) is 8. The monoisotopic (exact) mass is 524 g/mol. The highest BCUT2D eigenvalue weighted by atomic mass is 16.7. The Morgan fingerprint density at radius 2 is 2.05 bits per heavy atom. The van der Waals surface area contributed by atoms with Crippen molar-refractivity contribution in [1.82, 2.24) is 20.5 Å². The minimum Gasteiger partial charge on any atom is -0.493 e. The lowest BCUT2D eigenvalue weighted by atomic mass is 9.89. The molecule has 2 aromatic rings. The average molecular weight is 525 g/mol. The van der Waals surface area contributed by atoms with Crippen LogP contribution in [0.5, 0.6) is 17.2 Å². The van der Waals surface area contributed by atoms with Crippen molar-refractivity contribution in [3.05, 3.63) is 46.9 Å². The van der Waals surface area contributed by atoms with E-state index < -0.39 is 12.1 Å². The molecule has 202 valence electrons. The van der Waals surface area contributed by atoms with E-state index in [1.165, 1.54) is 24.9 Å². The molecule has 1 aromatic heterocycles. The van der Waals surface area contributed by atoms with Crippen LogP contribution in [-0.2, 0) is 14.3 Å². The van der Waals surface area contributed by atoms with Gasteiger partial charge in [0.05, 0.1) is 41.6 Å². The molecule has 4 heterocycles. The van der Waals surface area contributed by atoms with E-state index in [0.717, 1.165) is 16.9 Å². The van der Waals surface area contributed by atoms with Gasteiger partial charge < -0.3 is 44.6 Å². The van der Waals surface area contributed by atoms with Crippen LogP contribution in [0.1, 0.15) is 42.6 Å². The summed E-state index contributed by atoms with van der Waals surface area (Å²) in [5.41, 5.74) is 3.48. The molecule has 1 unspecified atom stereocenters. The van der Waals surface area contributed by atoms with Gasteiger partial charge in [-0.15, -0.1) is 0 Å². The zero-order chi connectivity index (χ0) is 26.4. The van der Waals surface area contributed by atoms with Crippen LogP contribution < -0.4 is 24.8 Å². The van der Waals surface area contributed by atoms with Crippen molar-refractivity contribution in [2.75, 3.05) is 40.2 Å². The van der Waals surface area contributed by atoms with E-state index in [4.69, 9.17) is 18.9 Å². The number of carbonyl (C=O) groups is 2. The first-order chi connectivity index (χ1) is 18.4. The summed E-state index contributed by atoms with van der Waals surface area (Å²) in [7, 11) is 1.45. The van der Waals surface area contributed by atoms with Crippen molar-refractivity contribution < 1.29 is 33.6 Å². The fraction of sp³-hybridized carbons (Fsp3) is 0.481. The number of rotatable bonds is 8. The maximum atomic E-state index is 13.5. The second kappa shape index (κ2) is 9.88. The Hall–Kier alpha value is -3.70. The van der Waals surface area contributed by atoms with Crippen molar-refractivity contribution in [3.63, 3.8) is 0 Å². The van der Waals surface area contributed by atoms with Gasteiger partial charge in [0.15, 0.2) is 11.5 Å². The van der Waals surface area contributed by atoms with Gasteiger partial charge in [0, 0.05) is 37.7 Å². The van der Waals surface area contributed by atoms with Crippen LogP contribution in [0.3, 0.4) is 0 Å². The van der Waals surface area contributed by atoms with Crippen LogP contribution in [0.15, 0.2) is 30.1 Å². The Balaban J connectivity index is 1.27. The topological polar surface area (TPSA) is 134 Å². The Labute approximate surface area is 220 Å². The summed E-state index contributed by atoms with van der Waals surface area (Å²) in [5.74, 6) is 2.03. The number of amides is 2. The number of nitrogens with one attached hydrogen (secondary N) is 3. The maximum Gasteiger partial charge on any atom is 0.255 e. The molecule has 11 nitrogen and oxygen atoms in total. The number of aromatic amines is 1. The fourth-order valence-electron chi connectivity index (χ4n) is 5.36. The molecule has 3 aliphatic heterocycles. The number of aromatic nitrogens is 1. The molecule has 2 amide bonds. The van der Waals surface area contributed by atoms with Crippen LogP contribution in [0.2, 0.25) is 0 Å². The number of methoxy groups -OCH3 is 1. The first-order valence-electron chi connectivity index (χ1n) is 12.9. The van der Waals surface area contributed by atoms with Gasteiger partial charge >= 0.3 is 0 Å². The summed E-state index contributed by atoms with van der Waals surface area (Å²) in [5, 5.41) is 16.9. The smallest absolute Gasteiger partial charge is 0.255 e. The van der Waals surface area contributed by atoms with Gasteiger partial charge in [-0.05, 0) is 43.9 Å². The lowest BCUT2D eigenvalue weighted by molar-refractivity contribution is -0.134. The molecule has 38 heavy (non-hydrogen) atoms. The van der Waals surface area contributed by atoms with E-state index in [9.17, 15) is 14.7 Å². The van der Waals surface area contributed by atoms with Crippen LogP contribution in [0.4, 0.5) is 0 Å². The molecular formula is C27H32N4O7. The number of allylic oxidation sites excluding steroid dienone is 1. The Bertz CT molecular complexity index is 1280. The first-order valence-corrected chi connectivity index (χ1v) is 12.9. The number of fused-ring (bicyclic) bond motifs is 2. The molecule has 11 heteroatoms. The highest BCUT2D eigenvalue weighted by Gasteiger charge is 2.39. The molecule has 0 spiro atoms. The number of nitrogens with zero attached hydrogens (tertiary/aromatic N) is 1. The largest absolute Gasteiger partial charge is 0.493 e. The molecule has 0 radical (unpaired) electrons. The zero-order valence-corrected chi connectivity index (χ0v) is 21.4. The molecule has 0 bridgehead atoms. The van der Waals surface area contributed by atoms with Crippen molar-refractivity contribution in [2.24, 2.45) is 5.92 Å². The normalized spacial score (nSPS) is 23.8. The molecular weight excluding hydrogens is 492 g/mol. The summed E-state index contributed by atoms with van der Waals surface area (Å²) in [4.78, 5) is 30.4. The number of aliphatic hydroxyl groups is 1. The third-order valence-corrected chi connectivity index (χ3v) is 7.53. The maximum absolute atomic E-state index is 13.5. The minimum atomic E-state index is -0.872. The molecule has 3 atom stereocenters. The minimum absolute atomic E-state index is 0.0703. The lowest BCUT2D eigenvalue weighted by Crippen LogP contribution is -2.44. The Kier molecular flexibility index (Phi) is 6.40. The van der Waals surface area contributed by atoms with Crippen molar-refractivity contribution in [1.29, 1.82) is 0 Å². The number of H-pyrrole nitrogens is 1. The molecule has 1 saturated carbocycles. The van der Waals surface area contributed by atoms with E-state index in [0.29, 0.717) is 41.0 Å². The van der Waals surface area contributed by atoms with Gasteiger partial charge in [0.25, 0.3) is 5.91 Å². The van der Waals surface area contributed by atoms with Crippen LogP contribution >= 0.6 is 0 Å². The van der Waals surface area contributed by atoms with Crippen LogP contribution in [0, 0.1) is 5.92 Å². The number of hydrogen-bond donors (Lipinski definition) is 4. The molecule has 1 saturated heterocycles. The van der Waals surface area contributed by atoms with Crippen LogP contribution in [0.25, 0.3) is 5.57 Å². The SMILES string of the molecule is COCC(=O)N1C[C@H](O)[C@H](NC(=O)C2=C(C)NC(c3c(OCC4CC4)ccc4c3OCO4)c3cc[nH]c32)C1. The van der Waals surface area contributed by atoms with E-state index in [2.05, 4.69) is 15.6 Å². The summed E-state index contributed by atoms with van der Waals surface area (Å²) in [6.45, 7) is 2.91. The predicted octanol–water partition coefficient (Wildman–Crippen LogP) is 1.29. The predicted molar refractivity (Wildman–Crippen MR) is 136 cm³/mol. The van der Waals surface area contributed by atoms with Gasteiger partial charge in [0.1, 0.15) is 12.4 Å². The number of ether oxygens (including phenoxy) is 4. The van der Waals surface area contributed by atoms with Gasteiger partial charge in [-0.25, -0.2) is 0 Å². The van der Waals surface area contributed by atoms with Crippen molar-refractivity contribution in [2.45, 2.75) is 38.0 Å². The molecule has 2 fully saturated rings. The summed E-state index contributed by atoms with van der Waals surface area (Å²) < 4.78 is 22.7. The molecule has 6 rings (SSSR count). The van der Waals surface area contributed by atoms with Gasteiger partial charge in [-0.1, -0.05) is 0 Å². The standard InChI is InChI=1S/C27H32N4O7/c1-14-22(27(34)30-17-9-31(10-18(17)32)21(33)12-35-2)24-16(7-8-28-24)25(29-14)23-19(36-11-15-3-4-15)5-6-20-26(23)38-13-37-20/h5-8,15,17-18,25,28-29,32H,3-4,9-13H2,1-2H3,(H,30,34)/t17-,18+,25?/m1/s1. The quantitative estimate of drug-likeness (QED) is 0.406. The molecule has 4 aliphatic rings. The second-order valence-corrected chi connectivity index (χ2v) is 10.2. The third kappa shape index (κ3) is 4.45. The van der Waals surface area contributed by atoms with Gasteiger partial charge in [-0.3, -0.25) is 9.59 Å². The Morgan fingerprint density at radius 3 is 2.84 bits per heavy atom. The highest BCUT2D eigenvalue weighted by molar-refractivity contribution is 6.20. The number of likely N-dealkylation sites (tertiary alicyclic amines) is 1. The van der Waals surface area contributed by atoms with E-state index in [1.807, 2.05) is 25.1 Å². The fourth-order valence-corrected chi connectivity index (χ4v) is 5.36. The first kappa shape index (κ1) is 24.6. The van der Waals surface area contributed by atoms with Crippen molar-refractivity contribution in [3.8, 4) is 17.2 Å². The second-order valence-electron chi connectivity index (χ2n) is 10.2. The third-order valence-electron chi connectivity index (χ3n) is 7.53. The molecule has 1 aliphatic carbocycles. The number of β-amino-alcohol motifs (C(OH)–C–C–N with tert-alkyl or cyclic N) is 1. The lowest BCUT2D eigenvalue weighted by Gasteiger charge is -2.30. The summed E-state index contributed by atoms with van der Waals surface area (Å²) in [6.07, 6.45) is 3.28. The van der Waals surface area contributed by atoms with Gasteiger partial charge in [-0.2, -0.15) is 0 Å². The number of benzene rings is 1. The van der Waals surface area contributed by atoms with Crippen LogP contribution in [-0.4, -0.2) is 79.2 Å². The van der Waals surface area contributed by atoms with E-state index >= 15 is 0 Å². The number of aliphatic hydroxyl groups excluding tert-OH is 1. The molecule has 1 aromatic carbocycles. The van der Waals surface area contributed by atoms with Gasteiger partial charge in [0.2, 0.25) is 12.7 Å². The zero-order valence-electron chi connectivity index (χ0n) is 21.4. The Morgan fingerprint density at radius 1 is 1.21 bits per heavy atom. The number of carbonyl (C=O) groups excluding carboxylic acids is 2. The summed E-state index contributed by atoms with van der Waals surface area (Å²) >= 11 is 0. The highest BCUT2D eigenvalue weighted by Crippen LogP contribution is 2.48.